The largest absolute Gasteiger partial charge is 0.504 e. The molecule has 0 unspecified atom stereocenters. The number of hydrogen-bond acceptors (Lipinski definition) is 8. The van der Waals surface area contributed by atoms with Crippen molar-refractivity contribution >= 4 is 28.7 Å². The number of nitrogens with one attached hydrogen (secondary N) is 1. The van der Waals surface area contributed by atoms with Gasteiger partial charge in [-0.1, -0.05) is 11.3 Å². The van der Waals surface area contributed by atoms with Crippen LogP contribution in [-0.2, 0) is 4.74 Å². The molecule has 8 heteroatoms. The number of aryl methyl sites for hydroxylation is 1. The molecule has 0 spiro atoms. The lowest BCUT2D eigenvalue weighted by Gasteiger charge is -2.03. The molecular formula is C15H17N3O4S. The molecule has 23 heavy (non-hydrogen) atoms. The molecule has 2 rings (SSSR count). The molecule has 1 aromatic heterocycles. The summed E-state index contributed by atoms with van der Waals surface area (Å²) in [7, 11) is 1.48. The van der Waals surface area contributed by atoms with Crippen molar-refractivity contribution in [2.24, 2.45) is 5.10 Å². The molecule has 122 valence electrons. The van der Waals surface area contributed by atoms with Crippen LogP contribution in [0.5, 0.6) is 11.5 Å². The number of methoxy groups -OCH3 is 1. The van der Waals surface area contributed by atoms with Crippen LogP contribution in [0.3, 0.4) is 0 Å². The molecule has 0 saturated carbocycles. The molecule has 0 atom stereocenters. The first kappa shape index (κ1) is 16.8. The Labute approximate surface area is 137 Å². The zero-order valence-corrected chi connectivity index (χ0v) is 13.8. The van der Waals surface area contributed by atoms with Crippen molar-refractivity contribution in [3.8, 4) is 11.5 Å². The Bertz CT molecular complexity index is 728. The smallest absolute Gasteiger partial charge is 0.350 e. The van der Waals surface area contributed by atoms with Gasteiger partial charge >= 0.3 is 5.97 Å². The SMILES string of the molecule is CCOC(=O)c1sc(NN=Cc2ccc(O)c(OC)c2)nc1C. The molecular weight excluding hydrogens is 318 g/mol. The minimum Gasteiger partial charge on any atom is -0.504 e. The zero-order chi connectivity index (χ0) is 16.8. The van der Waals surface area contributed by atoms with E-state index in [-0.39, 0.29) is 11.7 Å². The topological polar surface area (TPSA) is 93.0 Å². The third kappa shape index (κ3) is 4.19. The Balaban J connectivity index is 2.06. The summed E-state index contributed by atoms with van der Waals surface area (Å²) < 4.78 is 9.99. The number of benzene rings is 1. The van der Waals surface area contributed by atoms with Crippen molar-refractivity contribution in [1.82, 2.24) is 4.98 Å². The van der Waals surface area contributed by atoms with Gasteiger partial charge in [0, 0.05) is 0 Å². The monoisotopic (exact) mass is 335 g/mol. The number of carbonyl (C=O) groups excluding carboxylic acids is 1. The highest BCUT2D eigenvalue weighted by Crippen LogP contribution is 2.26. The summed E-state index contributed by atoms with van der Waals surface area (Å²) in [5.74, 6) is 0.0404. The van der Waals surface area contributed by atoms with Crippen LogP contribution in [0.1, 0.15) is 27.9 Å². The van der Waals surface area contributed by atoms with Gasteiger partial charge in [0.1, 0.15) is 4.88 Å². The Morgan fingerprint density at radius 1 is 1.52 bits per heavy atom. The summed E-state index contributed by atoms with van der Waals surface area (Å²) in [5, 5.41) is 14.1. The third-order valence-electron chi connectivity index (χ3n) is 2.84. The summed E-state index contributed by atoms with van der Waals surface area (Å²) in [6, 6.07) is 4.87. The van der Waals surface area contributed by atoms with Crippen molar-refractivity contribution in [1.29, 1.82) is 0 Å². The standard InChI is InChI=1S/C15H17N3O4S/c1-4-22-14(20)13-9(2)17-15(23-13)18-16-8-10-5-6-11(19)12(7-10)21-3/h5-8,19H,4H2,1-3H3,(H,17,18). The van der Waals surface area contributed by atoms with E-state index < -0.39 is 0 Å². The van der Waals surface area contributed by atoms with Crippen LogP contribution in [0.15, 0.2) is 23.3 Å². The van der Waals surface area contributed by atoms with E-state index in [2.05, 4.69) is 15.5 Å². The number of esters is 1. The van der Waals surface area contributed by atoms with Gasteiger partial charge in [0.15, 0.2) is 11.5 Å². The number of carbonyl (C=O) groups is 1. The molecule has 0 amide bonds. The van der Waals surface area contributed by atoms with E-state index in [1.165, 1.54) is 24.5 Å². The summed E-state index contributed by atoms with van der Waals surface area (Å²) in [6.45, 7) is 3.81. The molecule has 2 N–H and O–H groups in total. The van der Waals surface area contributed by atoms with Gasteiger partial charge in [-0.05, 0) is 37.6 Å². The van der Waals surface area contributed by atoms with E-state index >= 15 is 0 Å². The number of ether oxygens (including phenoxy) is 2. The van der Waals surface area contributed by atoms with Crippen LogP contribution in [-0.4, -0.2) is 36.0 Å². The van der Waals surface area contributed by atoms with Gasteiger partial charge in [-0.2, -0.15) is 5.10 Å². The highest BCUT2D eigenvalue weighted by atomic mass is 32.1. The Morgan fingerprint density at radius 3 is 3.00 bits per heavy atom. The van der Waals surface area contributed by atoms with E-state index in [1.807, 2.05) is 0 Å². The summed E-state index contributed by atoms with van der Waals surface area (Å²) in [6.07, 6.45) is 1.56. The molecule has 0 bridgehead atoms. The lowest BCUT2D eigenvalue weighted by atomic mass is 10.2. The number of nitrogens with zero attached hydrogens (tertiary/aromatic N) is 2. The van der Waals surface area contributed by atoms with Crippen LogP contribution in [0.4, 0.5) is 5.13 Å². The number of phenolic OH excluding ortho intramolecular Hbond substituents is 1. The van der Waals surface area contributed by atoms with Gasteiger partial charge in [0.25, 0.3) is 0 Å². The van der Waals surface area contributed by atoms with Crippen LogP contribution >= 0.6 is 11.3 Å². The molecule has 0 fully saturated rings. The molecule has 0 radical (unpaired) electrons. The first-order valence-corrected chi connectivity index (χ1v) is 7.67. The quantitative estimate of drug-likeness (QED) is 0.479. The van der Waals surface area contributed by atoms with Crippen molar-refractivity contribution < 1.29 is 19.4 Å². The predicted molar refractivity (Wildman–Crippen MR) is 88.7 cm³/mol. The third-order valence-corrected chi connectivity index (χ3v) is 3.88. The van der Waals surface area contributed by atoms with Crippen LogP contribution in [0, 0.1) is 6.92 Å². The van der Waals surface area contributed by atoms with E-state index in [4.69, 9.17) is 9.47 Å². The van der Waals surface area contributed by atoms with Crippen LogP contribution < -0.4 is 10.2 Å². The lowest BCUT2D eigenvalue weighted by molar-refractivity contribution is 0.0531. The maximum atomic E-state index is 11.7. The van der Waals surface area contributed by atoms with E-state index in [9.17, 15) is 9.90 Å². The molecule has 1 aromatic carbocycles. The van der Waals surface area contributed by atoms with Gasteiger partial charge in [-0.3, -0.25) is 5.43 Å². The first-order chi connectivity index (χ1) is 11.0. The Kier molecular flexibility index (Phi) is 5.53. The average molecular weight is 335 g/mol. The zero-order valence-electron chi connectivity index (χ0n) is 13.0. The average Bonchev–Trinajstić information content (AvgIpc) is 2.90. The minimum absolute atomic E-state index is 0.0623. The molecule has 0 aliphatic carbocycles. The van der Waals surface area contributed by atoms with Crippen molar-refractivity contribution in [3.05, 3.63) is 34.3 Å². The molecule has 7 nitrogen and oxygen atoms in total. The molecule has 0 saturated heterocycles. The number of thiazole rings is 1. The Morgan fingerprint density at radius 2 is 2.30 bits per heavy atom. The number of rotatable bonds is 6. The van der Waals surface area contributed by atoms with Crippen molar-refractivity contribution in [2.45, 2.75) is 13.8 Å². The second-order valence-electron chi connectivity index (χ2n) is 4.46. The van der Waals surface area contributed by atoms with Gasteiger partial charge in [0.05, 0.1) is 25.6 Å². The number of aromatic hydroxyl groups is 1. The summed E-state index contributed by atoms with van der Waals surface area (Å²) in [4.78, 5) is 16.4. The van der Waals surface area contributed by atoms with Gasteiger partial charge < -0.3 is 14.6 Å². The highest BCUT2D eigenvalue weighted by molar-refractivity contribution is 7.17. The maximum absolute atomic E-state index is 11.7. The first-order valence-electron chi connectivity index (χ1n) is 6.85. The van der Waals surface area contributed by atoms with Gasteiger partial charge in [0.2, 0.25) is 5.13 Å². The highest BCUT2D eigenvalue weighted by Gasteiger charge is 2.15. The molecule has 0 aliphatic rings. The van der Waals surface area contributed by atoms with Crippen molar-refractivity contribution in [3.63, 3.8) is 0 Å². The fourth-order valence-corrected chi connectivity index (χ4v) is 2.58. The normalized spacial score (nSPS) is 10.7. The second-order valence-corrected chi connectivity index (χ2v) is 5.45. The fraction of sp³-hybridized carbons (Fsp3) is 0.267. The summed E-state index contributed by atoms with van der Waals surface area (Å²) >= 11 is 1.18. The van der Waals surface area contributed by atoms with E-state index in [0.29, 0.717) is 28.1 Å². The van der Waals surface area contributed by atoms with Gasteiger partial charge in [-0.15, -0.1) is 0 Å². The number of aromatic nitrogens is 1. The lowest BCUT2D eigenvalue weighted by Crippen LogP contribution is -2.03. The van der Waals surface area contributed by atoms with Crippen molar-refractivity contribution in [2.75, 3.05) is 19.1 Å². The number of phenols is 1. The fourth-order valence-electron chi connectivity index (χ4n) is 1.77. The molecule has 0 aliphatic heterocycles. The molecule has 1 heterocycles. The number of hydrogen-bond donors (Lipinski definition) is 2. The minimum atomic E-state index is -0.386. The number of anilines is 1. The van der Waals surface area contributed by atoms with E-state index in [1.54, 1.807) is 32.2 Å². The number of hydrazone groups is 1. The predicted octanol–water partition coefficient (Wildman–Crippen LogP) is 2.79. The molecule has 2 aromatic rings. The van der Waals surface area contributed by atoms with Crippen LogP contribution in [0.2, 0.25) is 0 Å². The maximum Gasteiger partial charge on any atom is 0.350 e. The summed E-state index contributed by atoms with van der Waals surface area (Å²) in [5.41, 5.74) is 4.11. The van der Waals surface area contributed by atoms with Gasteiger partial charge in [-0.25, -0.2) is 9.78 Å². The van der Waals surface area contributed by atoms with Crippen LogP contribution in [0.25, 0.3) is 0 Å². The van der Waals surface area contributed by atoms with E-state index in [0.717, 1.165) is 5.56 Å². The second kappa shape index (κ2) is 7.59. The Hall–Kier alpha value is -2.61.